The SMILES string of the molecule is CCC1(C)NC(=O)N(NC(=O)COC(=O)c2ccc(Cl)cc2)C1=O. The molecular formula is C15H16ClN3O5. The summed E-state index contributed by atoms with van der Waals surface area (Å²) in [6, 6.07) is 5.19. The van der Waals surface area contributed by atoms with Crippen LogP contribution in [0, 0.1) is 0 Å². The Morgan fingerprint density at radius 2 is 1.92 bits per heavy atom. The Hall–Kier alpha value is -2.61. The minimum atomic E-state index is -1.07. The van der Waals surface area contributed by atoms with Crippen LogP contribution in [0.2, 0.25) is 5.02 Å². The third-order valence-corrected chi connectivity index (χ3v) is 3.87. The molecule has 2 rings (SSSR count). The van der Waals surface area contributed by atoms with Crippen LogP contribution in [0.15, 0.2) is 24.3 Å². The number of urea groups is 1. The maximum atomic E-state index is 12.1. The van der Waals surface area contributed by atoms with Crippen LogP contribution in [0.3, 0.4) is 0 Å². The van der Waals surface area contributed by atoms with Gasteiger partial charge in [0.1, 0.15) is 5.54 Å². The number of esters is 1. The molecule has 4 amide bonds. The molecule has 128 valence electrons. The van der Waals surface area contributed by atoms with Gasteiger partial charge < -0.3 is 10.1 Å². The Bertz CT molecular complexity index is 691. The summed E-state index contributed by atoms with van der Waals surface area (Å²) in [5.41, 5.74) is 1.28. The molecule has 1 heterocycles. The highest BCUT2D eigenvalue weighted by atomic mass is 35.5. The number of halogens is 1. The minimum absolute atomic E-state index is 0.223. The van der Waals surface area contributed by atoms with E-state index in [1.165, 1.54) is 24.3 Å². The number of amides is 4. The van der Waals surface area contributed by atoms with E-state index in [1.54, 1.807) is 13.8 Å². The van der Waals surface area contributed by atoms with Crippen molar-refractivity contribution in [2.75, 3.05) is 6.61 Å². The first kappa shape index (κ1) is 17.7. The fourth-order valence-corrected chi connectivity index (χ4v) is 2.11. The molecule has 1 saturated heterocycles. The second kappa shape index (κ2) is 6.88. The van der Waals surface area contributed by atoms with Crippen molar-refractivity contribution in [1.82, 2.24) is 15.8 Å². The molecule has 0 aliphatic carbocycles. The number of hydrogen-bond acceptors (Lipinski definition) is 5. The molecule has 9 heteroatoms. The Labute approximate surface area is 143 Å². The van der Waals surface area contributed by atoms with Crippen molar-refractivity contribution in [3.63, 3.8) is 0 Å². The van der Waals surface area contributed by atoms with Crippen LogP contribution < -0.4 is 10.7 Å². The van der Waals surface area contributed by atoms with Crippen LogP contribution in [0.25, 0.3) is 0 Å². The van der Waals surface area contributed by atoms with Gasteiger partial charge in [0.25, 0.3) is 11.8 Å². The predicted octanol–water partition coefficient (Wildman–Crippen LogP) is 1.25. The van der Waals surface area contributed by atoms with E-state index in [0.717, 1.165) is 0 Å². The van der Waals surface area contributed by atoms with Gasteiger partial charge in [-0.1, -0.05) is 18.5 Å². The van der Waals surface area contributed by atoms with E-state index in [1.807, 2.05) is 0 Å². The maximum absolute atomic E-state index is 12.1. The largest absolute Gasteiger partial charge is 0.452 e. The number of nitrogens with zero attached hydrogens (tertiary/aromatic N) is 1. The summed E-state index contributed by atoms with van der Waals surface area (Å²) in [5.74, 6) is -2.11. The van der Waals surface area contributed by atoms with Crippen molar-refractivity contribution >= 4 is 35.4 Å². The number of rotatable bonds is 5. The lowest BCUT2D eigenvalue weighted by Crippen LogP contribution is -2.49. The fraction of sp³-hybridized carbons (Fsp3) is 0.333. The Kier molecular flexibility index (Phi) is 5.08. The first-order chi connectivity index (χ1) is 11.3. The molecule has 1 aromatic rings. The van der Waals surface area contributed by atoms with Crippen LogP contribution >= 0.6 is 11.6 Å². The van der Waals surface area contributed by atoms with E-state index in [0.29, 0.717) is 16.5 Å². The Balaban J connectivity index is 1.90. The number of hydrogen-bond donors (Lipinski definition) is 2. The molecule has 1 aromatic carbocycles. The summed E-state index contributed by atoms with van der Waals surface area (Å²) in [4.78, 5) is 47.4. The highest BCUT2D eigenvalue weighted by molar-refractivity contribution is 6.30. The molecule has 1 aliphatic heterocycles. The van der Waals surface area contributed by atoms with Crippen molar-refractivity contribution < 1.29 is 23.9 Å². The topological polar surface area (TPSA) is 105 Å². The van der Waals surface area contributed by atoms with Gasteiger partial charge in [-0.05, 0) is 37.6 Å². The summed E-state index contributed by atoms with van der Waals surface area (Å²) in [7, 11) is 0. The monoisotopic (exact) mass is 353 g/mol. The highest BCUT2D eigenvalue weighted by Gasteiger charge is 2.47. The number of hydrazine groups is 1. The molecule has 1 fully saturated rings. The maximum Gasteiger partial charge on any atom is 0.344 e. The molecule has 1 unspecified atom stereocenters. The number of carbonyl (C=O) groups is 4. The average molecular weight is 354 g/mol. The van der Waals surface area contributed by atoms with E-state index in [4.69, 9.17) is 16.3 Å². The van der Waals surface area contributed by atoms with Gasteiger partial charge in [0.2, 0.25) is 0 Å². The molecule has 1 atom stereocenters. The standard InChI is InChI=1S/C15H16ClN3O5/c1-3-15(2)13(22)19(14(23)17-15)18-11(20)8-24-12(21)9-4-6-10(16)7-5-9/h4-7H,3,8H2,1-2H3,(H,17,23)(H,18,20). The van der Waals surface area contributed by atoms with E-state index in [2.05, 4.69) is 10.7 Å². The lowest BCUT2D eigenvalue weighted by molar-refractivity contribution is -0.139. The van der Waals surface area contributed by atoms with Crippen molar-refractivity contribution in [2.24, 2.45) is 0 Å². The van der Waals surface area contributed by atoms with Gasteiger partial charge in [-0.3, -0.25) is 15.0 Å². The fourth-order valence-electron chi connectivity index (χ4n) is 1.98. The number of imide groups is 1. The summed E-state index contributed by atoms with van der Waals surface area (Å²) in [6.45, 7) is 2.65. The number of carbonyl (C=O) groups excluding carboxylic acids is 4. The van der Waals surface area contributed by atoms with Crippen LogP contribution in [-0.2, 0) is 14.3 Å². The van der Waals surface area contributed by atoms with E-state index < -0.39 is 36.0 Å². The van der Waals surface area contributed by atoms with Gasteiger partial charge in [-0.15, -0.1) is 0 Å². The van der Waals surface area contributed by atoms with E-state index >= 15 is 0 Å². The molecule has 24 heavy (non-hydrogen) atoms. The smallest absolute Gasteiger partial charge is 0.344 e. The van der Waals surface area contributed by atoms with E-state index in [9.17, 15) is 19.2 Å². The van der Waals surface area contributed by atoms with Crippen LogP contribution in [0.4, 0.5) is 4.79 Å². The van der Waals surface area contributed by atoms with Crippen LogP contribution in [-0.4, -0.2) is 41.0 Å². The molecule has 1 aliphatic rings. The minimum Gasteiger partial charge on any atom is -0.452 e. The van der Waals surface area contributed by atoms with Gasteiger partial charge in [0, 0.05) is 5.02 Å². The van der Waals surface area contributed by atoms with Gasteiger partial charge in [-0.2, -0.15) is 5.01 Å². The normalized spacial score (nSPS) is 19.9. The summed E-state index contributed by atoms with van der Waals surface area (Å²) in [5, 5.41) is 3.53. The Morgan fingerprint density at radius 1 is 1.29 bits per heavy atom. The van der Waals surface area contributed by atoms with Gasteiger partial charge in [-0.25, -0.2) is 9.59 Å². The average Bonchev–Trinajstić information content (AvgIpc) is 2.77. The highest BCUT2D eigenvalue weighted by Crippen LogP contribution is 2.19. The second-order valence-corrected chi connectivity index (χ2v) is 5.81. The van der Waals surface area contributed by atoms with Crippen molar-refractivity contribution in [1.29, 1.82) is 0 Å². The second-order valence-electron chi connectivity index (χ2n) is 5.37. The summed E-state index contributed by atoms with van der Waals surface area (Å²) >= 11 is 5.71. The quantitative estimate of drug-likeness (QED) is 0.612. The van der Waals surface area contributed by atoms with Gasteiger partial charge in [0.15, 0.2) is 6.61 Å². The molecule has 0 saturated carbocycles. The molecule has 0 aromatic heterocycles. The molecule has 2 N–H and O–H groups in total. The predicted molar refractivity (Wildman–Crippen MR) is 84.0 cm³/mol. The zero-order valence-electron chi connectivity index (χ0n) is 13.1. The van der Waals surface area contributed by atoms with Crippen molar-refractivity contribution in [3.05, 3.63) is 34.9 Å². The third-order valence-electron chi connectivity index (χ3n) is 3.62. The van der Waals surface area contributed by atoms with Crippen molar-refractivity contribution in [2.45, 2.75) is 25.8 Å². The van der Waals surface area contributed by atoms with Crippen molar-refractivity contribution in [3.8, 4) is 0 Å². The molecule has 0 bridgehead atoms. The van der Waals surface area contributed by atoms with Gasteiger partial charge >= 0.3 is 12.0 Å². The first-order valence-electron chi connectivity index (χ1n) is 7.15. The van der Waals surface area contributed by atoms with E-state index in [-0.39, 0.29) is 5.56 Å². The van der Waals surface area contributed by atoms with Crippen LogP contribution in [0.1, 0.15) is 30.6 Å². The number of ether oxygens (including phenoxy) is 1. The zero-order chi connectivity index (χ0) is 17.9. The van der Waals surface area contributed by atoms with Gasteiger partial charge in [0.05, 0.1) is 5.56 Å². The zero-order valence-corrected chi connectivity index (χ0v) is 13.8. The molecular weight excluding hydrogens is 338 g/mol. The lowest BCUT2D eigenvalue weighted by Gasteiger charge is -2.19. The summed E-state index contributed by atoms with van der Waals surface area (Å²) < 4.78 is 4.83. The first-order valence-corrected chi connectivity index (χ1v) is 7.53. The summed E-state index contributed by atoms with van der Waals surface area (Å²) in [6.07, 6.45) is 0.371. The molecule has 0 spiro atoms. The van der Waals surface area contributed by atoms with Crippen LogP contribution in [0.5, 0.6) is 0 Å². The number of benzene rings is 1. The molecule has 8 nitrogen and oxygen atoms in total. The lowest BCUT2D eigenvalue weighted by atomic mass is 10.00. The number of nitrogens with one attached hydrogen (secondary N) is 2. The Morgan fingerprint density at radius 3 is 2.46 bits per heavy atom. The molecule has 0 radical (unpaired) electrons. The third kappa shape index (κ3) is 3.65.